The molecule has 0 bridgehead atoms. The van der Waals surface area contributed by atoms with Gasteiger partial charge in [-0.1, -0.05) is 18.2 Å². The highest BCUT2D eigenvalue weighted by molar-refractivity contribution is 14.1. The molecule has 7 heteroatoms. The molecule has 24 heavy (non-hydrogen) atoms. The van der Waals surface area contributed by atoms with Crippen LogP contribution in [0.1, 0.15) is 5.56 Å². The zero-order valence-electron chi connectivity index (χ0n) is 12.5. The molecule has 1 heterocycles. The van der Waals surface area contributed by atoms with Gasteiger partial charge >= 0.3 is 0 Å². The highest BCUT2D eigenvalue weighted by Crippen LogP contribution is 2.33. The maximum atomic E-state index is 12.2. The van der Waals surface area contributed by atoms with Crippen LogP contribution < -0.4 is 10.1 Å². The second-order valence-corrected chi connectivity index (χ2v) is 8.27. The number of amidine groups is 1. The Kier molecular flexibility index (Phi) is 5.82. The fraction of sp³-hybridized carbons (Fsp3) is 0.0588. The summed E-state index contributed by atoms with van der Waals surface area (Å²) in [5.74, 6) is 0.621. The second kappa shape index (κ2) is 7.87. The molecule has 0 saturated carbocycles. The summed E-state index contributed by atoms with van der Waals surface area (Å²) in [5, 5.41) is 3.38. The summed E-state index contributed by atoms with van der Waals surface area (Å²) in [6.45, 7) is 0. The van der Waals surface area contributed by atoms with E-state index in [4.69, 9.17) is 4.74 Å². The summed E-state index contributed by atoms with van der Waals surface area (Å²) < 4.78 is 7.57. The number of benzene rings is 2. The lowest BCUT2D eigenvalue weighted by molar-refractivity contribution is -0.115. The zero-order chi connectivity index (χ0) is 17.1. The third-order valence-corrected chi connectivity index (χ3v) is 5.50. The number of methoxy groups -OCH3 is 1. The first kappa shape index (κ1) is 17.7. The number of nitrogens with one attached hydrogen (secondary N) is 1. The van der Waals surface area contributed by atoms with Gasteiger partial charge in [-0.15, -0.1) is 0 Å². The van der Waals surface area contributed by atoms with Crippen LogP contribution in [0, 0.1) is 7.14 Å². The fourth-order valence-corrected chi connectivity index (χ4v) is 5.09. The Labute approximate surface area is 171 Å². The van der Waals surface area contributed by atoms with Crippen LogP contribution in [-0.2, 0) is 4.79 Å². The molecule has 1 N–H and O–H groups in total. The number of thioether (sulfide) groups is 1. The van der Waals surface area contributed by atoms with Crippen molar-refractivity contribution in [3.63, 3.8) is 0 Å². The van der Waals surface area contributed by atoms with Crippen LogP contribution in [0.25, 0.3) is 6.08 Å². The first-order chi connectivity index (χ1) is 11.6. The smallest absolute Gasteiger partial charge is 0.264 e. The van der Waals surface area contributed by atoms with Gasteiger partial charge in [-0.2, -0.15) is 0 Å². The molecule has 1 amide bonds. The van der Waals surface area contributed by atoms with Crippen molar-refractivity contribution >= 4 is 79.8 Å². The van der Waals surface area contributed by atoms with E-state index >= 15 is 0 Å². The van der Waals surface area contributed by atoms with Crippen LogP contribution in [0.3, 0.4) is 0 Å². The van der Waals surface area contributed by atoms with Gasteiger partial charge in [-0.05, 0) is 87.3 Å². The van der Waals surface area contributed by atoms with Crippen molar-refractivity contribution in [1.82, 2.24) is 5.32 Å². The van der Waals surface area contributed by atoms with E-state index in [9.17, 15) is 4.79 Å². The van der Waals surface area contributed by atoms with Crippen molar-refractivity contribution in [2.45, 2.75) is 0 Å². The summed E-state index contributed by atoms with van der Waals surface area (Å²) in [5.41, 5.74) is 1.69. The van der Waals surface area contributed by atoms with E-state index in [-0.39, 0.29) is 5.91 Å². The largest absolute Gasteiger partial charge is 0.495 e. The molecular formula is C17H12I2N2O2S. The number of hydrogen-bond acceptors (Lipinski definition) is 4. The van der Waals surface area contributed by atoms with E-state index in [0.29, 0.717) is 10.1 Å². The molecule has 0 atom stereocenters. The number of carbonyl (C=O) groups is 1. The Hall–Kier alpha value is -1.07. The molecule has 0 aliphatic carbocycles. The predicted octanol–water partition coefficient (Wildman–Crippen LogP) is 4.80. The molecule has 1 aliphatic rings. The van der Waals surface area contributed by atoms with Crippen LogP contribution >= 0.6 is 56.9 Å². The number of aliphatic imine (C=N–C) groups is 1. The van der Waals surface area contributed by atoms with Gasteiger partial charge in [-0.3, -0.25) is 4.79 Å². The number of halogens is 2. The van der Waals surface area contributed by atoms with Crippen LogP contribution in [-0.4, -0.2) is 18.2 Å². The molecule has 0 aromatic heterocycles. The van der Waals surface area contributed by atoms with Crippen molar-refractivity contribution in [1.29, 1.82) is 0 Å². The van der Waals surface area contributed by atoms with Gasteiger partial charge in [0, 0.05) is 9.13 Å². The summed E-state index contributed by atoms with van der Waals surface area (Å²) in [4.78, 5) is 17.3. The topological polar surface area (TPSA) is 50.7 Å². The Morgan fingerprint density at radius 3 is 2.67 bits per heavy atom. The van der Waals surface area contributed by atoms with Crippen LogP contribution in [0.2, 0.25) is 0 Å². The first-order valence-corrected chi connectivity index (χ1v) is 9.92. The lowest BCUT2D eigenvalue weighted by Gasteiger charge is -2.08. The third-order valence-electron chi connectivity index (χ3n) is 3.17. The van der Waals surface area contributed by atoms with Gasteiger partial charge in [0.05, 0.1) is 21.3 Å². The van der Waals surface area contributed by atoms with Gasteiger partial charge in [-0.25, -0.2) is 4.99 Å². The molecular weight excluding hydrogens is 550 g/mol. The minimum Gasteiger partial charge on any atom is -0.495 e. The van der Waals surface area contributed by atoms with E-state index in [0.717, 1.165) is 24.1 Å². The number of amides is 1. The fourth-order valence-electron chi connectivity index (χ4n) is 2.14. The third kappa shape index (κ3) is 4.12. The molecule has 4 nitrogen and oxygen atoms in total. The Bertz CT molecular complexity index is 851. The van der Waals surface area contributed by atoms with Crippen LogP contribution in [0.4, 0.5) is 5.69 Å². The lowest BCUT2D eigenvalue weighted by Crippen LogP contribution is -2.19. The molecule has 0 radical (unpaired) electrons. The molecule has 122 valence electrons. The highest BCUT2D eigenvalue weighted by Gasteiger charge is 2.24. The van der Waals surface area contributed by atoms with E-state index in [2.05, 4.69) is 55.5 Å². The van der Waals surface area contributed by atoms with Gasteiger partial charge in [0.1, 0.15) is 5.75 Å². The number of hydrogen-bond donors (Lipinski definition) is 1. The molecule has 0 unspecified atom stereocenters. The number of rotatable bonds is 3. The minimum atomic E-state index is -0.148. The summed E-state index contributed by atoms with van der Waals surface area (Å²) in [6, 6.07) is 13.6. The van der Waals surface area contributed by atoms with E-state index in [1.165, 1.54) is 11.8 Å². The first-order valence-electron chi connectivity index (χ1n) is 6.94. The van der Waals surface area contributed by atoms with Crippen molar-refractivity contribution in [2.24, 2.45) is 4.99 Å². The monoisotopic (exact) mass is 562 g/mol. The molecule has 2 aromatic rings. The standard InChI is InChI=1S/C17H12I2N2O2S/c1-23-15-10(7-11(18)9-13(15)19)8-14-16(22)21-17(24-14)20-12-5-3-2-4-6-12/h2-9H,1H3,(H,20,21,22)/b14-8+. The van der Waals surface area contributed by atoms with Crippen molar-refractivity contribution < 1.29 is 9.53 Å². The molecule has 0 spiro atoms. The summed E-state index contributed by atoms with van der Waals surface area (Å²) in [6.07, 6.45) is 1.84. The van der Waals surface area contributed by atoms with Crippen molar-refractivity contribution in [3.8, 4) is 5.75 Å². The van der Waals surface area contributed by atoms with Crippen LogP contribution in [0.15, 0.2) is 52.4 Å². The Balaban J connectivity index is 1.92. The SMILES string of the molecule is COc1c(I)cc(I)cc1/C=C1/SC(=Nc2ccccc2)NC1=O. The zero-order valence-corrected chi connectivity index (χ0v) is 17.7. The van der Waals surface area contributed by atoms with E-state index in [1.807, 2.05) is 48.5 Å². The molecule has 1 fully saturated rings. The Morgan fingerprint density at radius 1 is 1.21 bits per heavy atom. The number of para-hydroxylation sites is 1. The van der Waals surface area contributed by atoms with Gasteiger partial charge in [0.15, 0.2) is 5.17 Å². The Morgan fingerprint density at radius 2 is 1.96 bits per heavy atom. The average molecular weight is 562 g/mol. The lowest BCUT2D eigenvalue weighted by atomic mass is 10.2. The van der Waals surface area contributed by atoms with Crippen molar-refractivity contribution in [3.05, 3.63) is 60.1 Å². The van der Waals surface area contributed by atoms with E-state index < -0.39 is 0 Å². The second-order valence-electron chi connectivity index (χ2n) is 4.83. The van der Waals surface area contributed by atoms with Crippen LogP contribution in [0.5, 0.6) is 5.75 Å². The minimum absolute atomic E-state index is 0.148. The van der Waals surface area contributed by atoms with Gasteiger partial charge in [0.2, 0.25) is 0 Å². The van der Waals surface area contributed by atoms with E-state index in [1.54, 1.807) is 7.11 Å². The predicted molar refractivity (Wildman–Crippen MR) is 116 cm³/mol. The summed E-state index contributed by atoms with van der Waals surface area (Å²) >= 11 is 5.82. The number of carbonyl (C=O) groups excluding carboxylic acids is 1. The molecule has 1 saturated heterocycles. The number of ether oxygens (including phenoxy) is 1. The average Bonchev–Trinajstić information content (AvgIpc) is 2.87. The maximum absolute atomic E-state index is 12.2. The molecule has 2 aromatic carbocycles. The summed E-state index contributed by atoms with van der Waals surface area (Å²) in [7, 11) is 1.64. The van der Waals surface area contributed by atoms with Gasteiger partial charge < -0.3 is 10.1 Å². The molecule has 1 aliphatic heterocycles. The molecule has 3 rings (SSSR count). The normalized spacial score (nSPS) is 17.4. The number of nitrogens with zero attached hydrogens (tertiary/aromatic N) is 1. The quantitative estimate of drug-likeness (QED) is 0.433. The highest BCUT2D eigenvalue weighted by atomic mass is 127. The maximum Gasteiger partial charge on any atom is 0.264 e. The van der Waals surface area contributed by atoms with Gasteiger partial charge in [0.25, 0.3) is 5.91 Å². The van der Waals surface area contributed by atoms with Crippen molar-refractivity contribution in [2.75, 3.05) is 7.11 Å².